The first-order chi connectivity index (χ1) is 9.31. The van der Waals surface area contributed by atoms with Gasteiger partial charge in [0.25, 0.3) is 0 Å². The Morgan fingerprint density at radius 2 is 1.37 bits per heavy atom. The highest BCUT2D eigenvalue weighted by molar-refractivity contribution is 9.10. The minimum absolute atomic E-state index is 0.235. The molecule has 98 valence electrons. The Bertz CT molecular complexity index is 530. The zero-order valence-electron chi connectivity index (χ0n) is 10.2. The largest absolute Gasteiger partial charge is 0.457 e. The van der Waals surface area contributed by atoms with Crippen molar-refractivity contribution in [3.05, 3.63) is 58.6 Å². The van der Waals surface area contributed by atoms with E-state index in [0.717, 1.165) is 21.5 Å². The van der Waals surface area contributed by atoms with Crippen LogP contribution in [-0.2, 0) is 9.47 Å². The third kappa shape index (κ3) is 3.15. The molecule has 1 aliphatic rings. The Balaban J connectivity index is 1.70. The van der Waals surface area contributed by atoms with Crippen molar-refractivity contribution in [2.24, 2.45) is 0 Å². The van der Waals surface area contributed by atoms with E-state index >= 15 is 0 Å². The van der Waals surface area contributed by atoms with Crippen LogP contribution in [0.2, 0.25) is 0 Å². The van der Waals surface area contributed by atoms with Gasteiger partial charge < -0.3 is 14.2 Å². The van der Waals surface area contributed by atoms with Gasteiger partial charge in [-0.2, -0.15) is 0 Å². The second-order valence-electron chi connectivity index (χ2n) is 4.20. The summed E-state index contributed by atoms with van der Waals surface area (Å²) in [6.45, 7) is 1.31. The van der Waals surface area contributed by atoms with Crippen LogP contribution in [0.4, 0.5) is 0 Å². The van der Waals surface area contributed by atoms with Crippen LogP contribution in [-0.4, -0.2) is 13.2 Å². The molecule has 0 saturated carbocycles. The average Bonchev–Trinajstić information content (AvgIpc) is 2.96. The van der Waals surface area contributed by atoms with E-state index in [1.807, 2.05) is 48.5 Å². The number of benzene rings is 2. The fraction of sp³-hybridized carbons (Fsp3) is 0.200. The number of ether oxygens (including phenoxy) is 3. The Hall–Kier alpha value is -1.36. The van der Waals surface area contributed by atoms with Crippen molar-refractivity contribution < 1.29 is 14.2 Å². The summed E-state index contributed by atoms with van der Waals surface area (Å²) >= 11 is 3.39. The van der Waals surface area contributed by atoms with Gasteiger partial charge in [0, 0.05) is 10.0 Å². The van der Waals surface area contributed by atoms with Gasteiger partial charge in [-0.1, -0.05) is 28.1 Å². The number of hydrogen-bond acceptors (Lipinski definition) is 3. The van der Waals surface area contributed by atoms with Crippen LogP contribution < -0.4 is 4.74 Å². The first kappa shape index (κ1) is 12.7. The summed E-state index contributed by atoms with van der Waals surface area (Å²) in [6, 6.07) is 15.5. The van der Waals surface area contributed by atoms with Crippen LogP contribution in [0.25, 0.3) is 0 Å². The van der Waals surface area contributed by atoms with Crippen LogP contribution >= 0.6 is 15.9 Å². The van der Waals surface area contributed by atoms with Crippen molar-refractivity contribution in [1.29, 1.82) is 0 Å². The highest BCUT2D eigenvalue weighted by Gasteiger charge is 2.17. The zero-order valence-corrected chi connectivity index (χ0v) is 11.8. The Morgan fingerprint density at radius 1 is 0.842 bits per heavy atom. The lowest BCUT2D eigenvalue weighted by molar-refractivity contribution is -0.0441. The van der Waals surface area contributed by atoms with Gasteiger partial charge in [-0.15, -0.1) is 0 Å². The lowest BCUT2D eigenvalue weighted by Gasteiger charge is -2.10. The average molecular weight is 321 g/mol. The molecule has 0 amide bonds. The fourth-order valence-corrected chi connectivity index (χ4v) is 2.15. The molecule has 0 radical (unpaired) electrons. The van der Waals surface area contributed by atoms with Crippen LogP contribution in [0.15, 0.2) is 53.0 Å². The third-order valence-electron chi connectivity index (χ3n) is 2.82. The first-order valence-electron chi connectivity index (χ1n) is 6.08. The molecular weight excluding hydrogens is 308 g/mol. The quantitative estimate of drug-likeness (QED) is 0.844. The topological polar surface area (TPSA) is 27.7 Å². The van der Waals surface area contributed by atoms with Crippen molar-refractivity contribution in [3.63, 3.8) is 0 Å². The van der Waals surface area contributed by atoms with Gasteiger partial charge in [0.1, 0.15) is 11.5 Å². The van der Waals surface area contributed by atoms with Gasteiger partial charge in [-0.25, -0.2) is 0 Å². The molecule has 1 saturated heterocycles. The van der Waals surface area contributed by atoms with E-state index < -0.39 is 0 Å². The molecule has 4 heteroatoms. The molecule has 0 aromatic heterocycles. The maximum atomic E-state index is 5.75. The van der Waals surface area contributed by atoms with Gasteiger partial charge in [0.05, 0.1) is 13.2 Å². The lowest BCUT2D eigenvalue weighted by atomic mass is 10.2. The highest BCUT2D eigenvalue weighted by atomic mass is 79.9. The monoisotopic (exact) mass is 320 g/mol. The Labute approximate surface area is 120 Å². The lowest BCUT2D eigenvalue weighted by Crippen LogP contribution is -1.97. The molecule has 1 aliphatic heterocycles. The SMILES string of the molecule is Brc1ccc(Oc2ccc(C3OCCO3)cc2)cc1. The second-order valence-corrected chi connectivity index (χ2v) is 5.11. The number of rotatable bonds is 3. The van der Waals surface area contributed by atoms with Crippen molar-refractivity contribution in [2.45, 2.75) is 6.29 Å². The first-order valence-corrected chi connectivity index (χ1v) is 6.87. The fourth-order valence-electron chi connectivity index (χ4n) is 1.88. The molecular formula is C15H13BrO3. The molecule has 0 bridgehead atoms. The van der Waals surface area contributed by atoms with E-state index in [9.17, 15) is 0 Å². The molecule has 3 rings (SSSR count). The van der Waals surface area contributed by atoms with Crippen molar-refractivity contribution in [1.82, 2.24) is 0 Å². The Morgan fingerprint density at radius 3 is 1.95 bits per heavy atom. The van der Waals surface area contributed by atoms with Gasteiger partial charge in [0.2, 0.25) is 0 Å². The summed E-state index contributed by atoms with van der Waals surface area (Å²) in [4.78, 5) is 0. The predicted octanol–water partition coefficient (Wildman–Crippen LogP) is 4.29. The highest BCUT2D eigenvalue weighted by Crippen LogP contribution is 2.27. The van der Waals surface area contributed by atoms with Crippen LogP contribution in [0.1, 0.15) is 11.9 Å². The molecule has 0 aliphatic carbocycles. The van der Waals surface area contributed by atoms with Crippen molar-refractivity contribution in [2.75, 3.05) is 13.2 Å². The molecule has 19 heavy (non-hydrogen) atoms. The smallest absolute Gasteiger partial charge is 0.184 e. The van der Waals surface area contributed by atoms with Crippen molar-refractivity contribution in [3.8, 4) is 11.5 Å². The molecule has 0 N–H and O–H groups in total. The van der Waals surface area contributed by atoms with Gasteiger partial charge in [-0.05, 0) is 36.4 Å². The molecule has 3 nitrogen and oxygen atoms in total. The number of hydrogen-bond donors (Lipinski definition) is 0. The molecule has 1 heterocycles. The maximum absolute atomic E-state index is 5.75. The standard InChI is InChI=1S/C15H13BrO3/c16-12-3-7-14(8-4-12)19-13-5-1-11(2-6-13)15-17-9-10-18-15/h1-8,15H,9-10H2. The molecule has 2 aromatic carbocycles. The van der Waals surface area contributed by atoms with E-state index in [-0.39, 0.29) is 6.29 Å². The van der Waals surface area contributed by atoms with Gasteiger partial charge in [-0.3, -0.25) is 0 Å². The van der Waals surface area contributed by atoms with Crippen LogP contribution in [0, 0.1) is 0 Å². The van der Waals surface area contributed by atoms with Crippen LogP contribution in [0.5, 0.6) is 11.5 Å². The second kappa shape index (κ2) is 5.74. The predicted molar refractivity (Wildman–Crippen MR) is 75.3 cm³/mol. The van der Waals surface area contributed by atoms with E-state index in [2.05, 4.69) is 15.9 Å². The normalized spacial score (nSPS) is 15.6. The minimum Gasteiger partial charge on any atom is -0.457 e. The molecule has 0 atom stereocenters. The van der Waals surface area contributed by atoms with E-state index in [4.69, 9.17) is 14.2 Å². The molecule has 0 unspecified atom stereocenters. The van der Waals surface area contributed by atoms with Gasteiger partial charge in [0.15, 0.2) is 6.29 Å². The van der Waals surface area contributed by atoms with Crippen LogP contribution in [0.3, 0.4) is 0 Å². The van der Waals surface area contributed by atoms with E-state index in [1.165, 1.54) is 0 Å². The van der Waals surface area contributed by atoms with E-state index in [0.29, 0.717) is 13.2 Å². The summed E-state index contributed by atoms with van der Waals surface area (Å²) in [7, 11) is 0. The summed E-state index contributed by atoms with van der Waals surface area (Å²) in [5.74, 6) is 1.60. The minimum atomic E-state index is -0.235. The van der Waals surface area contributed by atoms with Crippen molar-refractivity contribution >= 4 is 15.9 Å². The maximum Gasteiger partial charge on any atom is 0.184 e. The Kier molecular flexibility index (Phi) is 3.82. The summed E-state index contributed by atoms with van der Waals surface area (Å²) in [6.07, 6.45) is -0.235. The molecule has 0 spiro atoms. The summed E-state index contributed by atoms with van der Waals surface area (Å²) in [5.41, 5.74) is 1.01. The third-order valence-corrected chi connectivity index (χ3v) is 3.35. The molecule has 1 fully saturated rings. The summed E-state index contributed by atoms with van der Waals surface area (Å²) < 4.78 is 17.7. The summed E-state index contributed by atoms with van der Waals surface area (Å²) in [5, 5.41) is 0. The van der Waals surface area contributed by atoms with E-state index in [1.54, 1.807) is 0 Å². The molecule has 2 aromatic rings. The number of halogens is 1. The van der Waals surface area contributed by atoms with Gasteiger partial charge >= 0.3 is 0 Å². The zero-order chi connectivity index (χ0) is 13.1.